The topological polar surface area (TPSA) is 81.6 Å². The number of nitrogens with zero attached hydrogens (tertiary/aromatic N) is 2. The van der Waals surface area contributed by atoms with E-state index in [0.717, 1.165) is 6.07 Å². The van der Waals surface area contributed by atoms with Crippen LogP contribution < -0.4 is 10.9 Å². The van der Waals surface area contributed by atoms with Crippen LogP contribution >= 0.6 is 0 Å². The van der Waals surface area contributed by atoms with E-state index in [1.54, 1.807) is 12.1 Å². The summed E-state index contributed by atoms with van der Waals surface area (Å²) in [6.07, 6.45) is 0. The van der Waals surface area contributed by atoms with E-state index in [-0.39, 0.29) is 16.9 Å². The molecule has 1 aliphatic heterocycles. The van der Waals surface area contributed by atoms with Crippen molar-refractivity contribution in [2.45, 2.75) is 5.92 Å². The zero-order valence-corrected chi connectivity index (χ0v) is 12.2. The Labute approximate surface area is 134 Å². The number of benzene rings is 2. The Morgan fingerprint density at radius 3 is 2.83 bits per heavy atom. The van der Waals surface area contributed by atoms with Crippen molar-refractivity contribution in [1.82, 2.24) is 10.2 Å². The molecule has 5 nitrogen and oxygen atoms in total. The van der Waals surface area contributed by atoms with Crippen molar-refractivity contribution in [2.75, 3.05) is 11.9 Å². The van der Waals surface area contributed by atoms with Crippen LogP contribution in [-0.2, 0) is 0 Å². The van der Waals surface area contributed by atoms with Crippen molar-refractivity contribution in [3.05, 3.63) is 69.1 Å². The molecule has 24 heavy (non-hydrogen) atoms. The molecular weight excluding hydrogens is 314 g/mol. The normalized spacial score (nSPS) is 15.8. The lowest BCUT2D eigenvalue weighted by atomic mass is 9.88. The molecule has 0 saturated carbocycles. The number of nitriles is 1. The number of hydrogen-bond acceptors (Lipinski definition) is 4. The molecule has 0 amide bonds. The molecule has 1 aliphatic rings. The van der Waals surface area contributed by atoms with Crippen molar-refractivity contribution in [3.8, 4) is 6.07 Å². The van der Waals surface area contributed by atoms with Crippen LogP contribution in [0.3, 0.4) is 0 Å². The summed E-state index contributed by atoms with van der Waals surface area (Å²) in [6, 6.07) is 8.60. The Hall–Kier alpha value is -3.27. The van der Waals surface area contributed by atoms with E-state index in [9.17, 15) is 13.6 Å². The fourth-order valence-corrected chi connectivity index (χ4v) is 3.10. The predicted molar refractivity (Wildman–Crippen MR) is 83.8 cm³/mol. The Morgan fingerprint density at radius 1 is 1.25 bits per heavy atom. The zero-order chi connectivity index (χ0) is 16.8. The molecular formula is C17H10F2N4O. The standard InChI is InChI=1S/C17H10F2N4O/c18-10-4-11-15-14(5-10)21-7-12(16(15)22-23-17(11)24)8-1-2-9(6-20)13(19)3-8/h1-5,12,21H,7H2,(H,23,24)/t12-/m0/s1. The van der Waals surface area contributed by atoms with Crippen molar-refractivity contribution >= 4 is 16.5 Å². The van der Waals surface area contributed by atoms with Gasteiger partial charge in [-0.2, -0.15) is 10.4 Å². The monoisotopic (exact) mass is 324 g/mol. The first-order chi connectivity index (χ1) is 11.6. The van der Waals surface area contributed by atoms with Gasteiger partial charge in [-0.1, -0.05) is 6.07 Å². The van der Waals surface area contributed by atoms with E-state index in [1.165, 1.54) is 18.2 Å². The largest absolute Gasteiger partial charge is 0.383 e. The summed E-state index contributed by atoms with van der Waals surface area (Å²) in [6.45, 7) is 0.371. The van der Waals surface area contributed by atoms with Crippen molar-refractivity contribution in [2.24, 2.45) is 0 Å². The van der Waals surface area contributed by atoms with Gasteiger partial charge < -0.3 is 5.32 Å². The first-order valence-electron chi connectivity index (χ1n) is 7.23. The van der Waals surface area contributed by atoms with Gasteiger partial charge in [-0.15, -0.1) is 0 Å². The molecule has 118 valence electrons. The average molecular weight is 324 g/mol. The molecule has 3 aromatic rings. The number of nitrogens with one attached hydrogen (secondary N) is 2. The third kappa shape index (κ3) is 2.04. The van der Waals surface area contributed by atoms with Gasteiger partial charge >= 0.3 is 0 Å². The SMILES string of the molecule is N#Cc1ccc([C@@H]2CNc3cc(F)cc4c(=O)[nH]nc2c34)cc1F. The van der Waals surface area contributed by atoms with E-state index in [0.29, 0.717) is 28.9 Å². The lowest BCUT2D eigenvalue weighted by molar-refractivity contribution is 0.618. The Balaban J connectivity index is 1.95. The molecule has 1 atom stereocenters. The second-order valence-electron chi connectivity index (χ2n) is 5.60. The van der Waals surface area contributed by atoms with Crippen LogP contribution in [0.15, 0.2) is 35.1 Å². The molecule has 0 unspecified atom stereocenters. The van der Waals surface area contributed by atoms with Crippen LogP contribution in [-0.4, -0.2) is 16.7 Å². The predicted octanol–water partition coefficient (Wildman–Crippen LogP) is 2.63. The number of aromatic amines is 1. The Kier molecular flexibility index (Phi) is 3.06. The van der Waals surface area contributed by atoms with Crippen LogP contribution in [0.2, 0.25) is 0 Å². The van der Waals surface area contributed by atoms with Crippen LogP contribution in [0, 0.1) is 23.0 Å². The summed E-state index contributed by atoms with van der Waals surface area (Å²) in [7, 11) is 0. The quantitative estimate of drug-likeness (QED) is 0.721. The number of hydrogen-bond donors (Lipinski definition) is 2. The number of halogens is 2. The van der Waals surface area contributed by atoms with Gasteiger partial charge in [0, 0.05) is 23.5 Å². The number of anilines is 1. The Bertz CT molecular complexity index is 1080. The number of aromatic nitrogens is 2. The molecule has 2 heterocycles. The van der Waals surface area contributed by atoms with Crippen LogP contribution in [0.5, 0.6) is 0 Å². The third-order valence-electron chi connectivity index (χ3n) is 4.22. The fourth-order valence-electron chi connectivity index (χ4n) is 3.10. The molecule has 4 rings (SSSR count). The van der Waals surface area contributed by atoms with Gasteiger partial charge in [0.05, 0.1) is 16.6 Å². The van der Waals surface area contributed by atoms with Gasteiger partial charge in [-0.3, -0.25) is 4.79 Å². The molecule has 0 aliphatic carbocycles. The lowest BCUT2D eigenvalue weighted by Gasteiger charge is -2.26. The maximum atomic E-state index is 13.9. The van der Waals surface area contributed by atoms with E-state index in [2.05, 4.69) is 15.5 Å². The summed E-state index contributed by atoms with van der Waals surface area (Å²) < 4.78 is 27.6. The lowest BCUT2D eigenvalue weighted by Crippen LogP contribution is -2.24. The van der Waals surface area contributed by atoms with Gasteiger partial charge in [0.15, 0.2) is 0 Å². The minimum Gasteiger partial charge on any atom is -0.383 e. The van der Waals surface area contributed by atoms with Gasteiger partial charge in [0.2, 0.25) is 0 Å². The zero-order valence-electron chi connectivity index (χ0n) is 12.2. The van der Waals surface area contributed by atoms with Gasteiger partial charge in [-0.25, -0.2) is 13.9 Å². The van der Waals surface area contributed by atoms with E-state index in [1.807, 2.05) is 0 Å². The summed E-state index contributed by atoms with van der Waals surface area (Å²) in [5.74, 6) is -1.46. The highest BCUT2D eigenvalue weighted by atomic mass is 19.1. The molecule has 2 aromatic carbocycles. The molecule has 2 N–H and O–H groups in total. The average Bonchev–Trinajstić information content (AvgIpc) is 2.57. The highest BCUT2D eigenvalue weighted by molar-refractivity contribution is 5.97. The van der Waals surface area contributed by atoms with Gasteiger partial charge in [-0.05, 0) is 29.8 Å². The molecule has 1 aromatic heterocycles. The summed E-state index contributed by atoms with van der Waals surface area (Å²) >= 11 is 0. The molecule has 0 spiro atoms. The second kappa shape index (κ2) is 5.13. The van der Waals surface area contributed by atoms with E-state index < -0.39 is 17.2 Å². The maximum Gasteiger partial charge on any atom is 0.272 e. The van der Waals surface area contributed by atoms with Crippen LogP contribution in [0.25, 0.3) is 10.8 Å². The fraction of sp³-hybridized carbons (Fsp3) is 0.118. The third-order valence-corrected chi connectivity index (χ3v) is 4.22. The van der Waals surface area contributed by atoms with Crippen molar-refractivity contribution in [1.29, 1.82) is 5.26 Å². The smallest absolute Gasteiger partial charge is 0.272 e. The summed E-state index contributed by atoms with van der Waals surface area (Å²) in [4.78, 5) is 11.9. The Morgan fingerprint density at radius 2 is 2.08 bits per heavy atom. The molecule has 7 heteroatoms. The minimum absolute atomic E-state index is 0.0374. The summed E-state index contributed by atoms with van der Waals surface area (Å²) in [5.41, 5.74) is 1.13. The molecule has 0 saturated heterocycles. The first kappa shape index (κ1) is 14.3. The minimum atomic E-state index is -0.611. The van der Waals surface area contributed by atoms with Gasteiger partial charge in [0.25, 0.3) is 5.56 Å². The first-order valence-corrected chi connectivity index (χ1v) is 7.23. The van der Waals surface area contributed by atoms with Crippen LogP contribution in [0.4, 0.5) is 14.5 Å². The highest BCUT2D eigenvalue weighted by Crippen LogP contribution is 2.37. The summed E-state index contributed by atoms with van der Waals surface area (Å²) in [5, 5.41) is 19.1. The van der Waals surface area contributed by atoms with Crippen molar-refractivity contribution in [3.63, 3.8) is 0 Å². The molecule has 0 bridgehead atoms. The molecule has 0 fully saturated rings. The van der Waals surface area contributed by atoms with E-state index >= 15 is 0 Å². The molecule has 0 radical (unpaired) electrons. The highest BCUT2D eigenvalue weighted by Gasteiger charge is 2.27. The van der Waals surface area contributed by atoms with Crippen LogP contribution in [0.1, 0.15) is 22.7 Å². The van der Waals surface area contributed by atoms with Crippen molar-refractivity contribution < 1.29 is 8.78 Å². The number of H-pyrrole nitrogens is 1. The maximum absolute atomic E-state index is 13.9. The second-order valence-corrected chi connectivity index (χ2v) is 5.60. The number of rotatable bonds is 1. The van der Waals surface area contributed by atoms with E-state index in [4.69, 9.17) is 5.26 Å². The van der Waals surface area contributed by atoms with Gasteiger partial charge in [0.1, 0.15) is 17.7 Å².